The monoisotopic (exact) mass is 521 g/mol. The van der Waals surface area contributed by atoms with Gasteiger partial charge in [0, 0.05) is 36.5 Å². The van der Waals surface area contributed by atoms with Gasteiger partial charge in [-0.1, -0.05) is 28.8 Å². The fourth-order valence-electron chi connectivity index (χ4n) is 5.31. The lowest BCUT2D eigenvalue weighted by atomic mass is 9.94. The van der Waals surface area contributed by atoms with Gasteiger partial charge in [-0.2, -0.15) is 5.10 Å². The average molecular weight is 522 g/mol. The first kappa shape index (κ1) is 23.7. The van der Waals surface area contributed by atoms with Crippen LogP contribution >= 0.6 is 11.5 Å². The van der Waals surface area contributed by atoms with Gasteiger partial charge in [0.1, 0.15) is 5.82 Å². The Kier molecular flexibility index (Phi) is 6.39. The number of benzene rings is 2. The van der Waals surface area contributed by atoms with Crippen LogP contribution in [-0.4, -0.2) is 49.4 Å². The van der Waals surface area contributed by atoms with E-state index in [1.165, 1.54) is 17.6 Å². The lowest BCUT2D eigenvalue weighted by molar-refractivity contribution is 0.246. The molecule has 0 radical (unpaired) electrons. The number of rotatable bonds is 6. The Labute approximate surface area is 216 Å². The molecular weight excluding hydrogens is 496 g/mol. The standard InChI is InChI=1S/C26H25F2N7OS/c27-21-10-9-16(11-22(21)28)20-13-34(12-17-15-37-33-31-17)14-24(20)29-26(36)30-25-19-7-4-8-23(19)32-35(25)18-5-2-1-3-6-18/h1-3,5-6,9-11,15,20,24H,4,7-8,12-14H2,(H2,29,30,36)/t20-,24+/m0/s1. The Hall–Kier alpha value is -3.70. The number of para-hydroxylation sites is 1. The highest BCUT2D eigenvalue weighted by Gasteiger charge is 2.36. The summed E-state index contributed by atoms with van der Waals surface area (Å²) in [7, 11) is 0. The van der Waals surface area contributed by atoms with Crippen LogP contribution in [0.4, 0.5) is 19.4 Å². The summed E-state index contributed by atoms with van der Waals surface area (Å²) in [5.41, 5.74) is 4.40. The SMILES string of the molecule is O=C(Nc1c2c(nn1-c1ccccc1)CCC2)N[C@@H]1CN(Cc2csnn2)C[C@H]1c1ccc(F)c(F)c1. The summed E-state index contributed by atoms with van der Waals surface area (Å²) in [6.45, 7) is 1.65. The van der Waals surface area contributed by atoms with Crippen molar-refractivity contribution < 1.29 is 13.6 Å². The van der Waals surface area contributed by atoms with Crippen molar-refractivity contribution >= 4 is 23.4 Å². The highest BCUT2D eigenvalue weighted by molar-refractivity contribution is 7.03. The second-order valence-corrected chi connectivity index (χ2v) is 10.1. The van der Waals surface area contributed by atoms with Crippen LogP contribution in [0.2, 0.25) is 0 Å². The zero-order valence-electron chi connectivity index (χ0n) is 19.9. The van der Waals surface area contributed by atoms with E-state index in [0.717, 1.165) is 48.0 Å². The predicted octanol–water partition coefficient (Wildman–Crippen LogP) is 4.28. The minimum atomic E-state index is -0.898. The van der Waals surface area contributed by atoms with E-state index in [0.29, 0.717) is 31.0 Å². The largest absolute Gasteiger partial charge is 0.333 e. The lowest BCUT2D eigenvalue weighted by Gasteiger charge is -2.21. The Bertz CT molecular complexity index is 1410. The van der Waals surface area contributed by atoms with E-state index < -0.39 is 11.6 Å². The first-order chi connectivity index (χ1) is 18.0. The molecule has 6 rings (SSSR count). The summed E-state index contributed by atoms with van der Waals surface area (Å²) in [5.74, 6) is -1.34. The lowest BCUT2D eigenvalue weighted by Crippen LogP contribution is -2.42. The molecule has 2 aliphatic rings. The van der Waals surface area contributed by atoms with Gasteiger partial charge >= 0.3 is 6.03 Å². The molecule has 190 valence electrons. The number of nitrogens with one attached hydrogen (secondary N) is 2. The maximum Gasteiger partial charge on any atom is 0.320 e. The normalized spacial score (nSPS) is 19.2. The number of urea groups is 1. The van der Waals surface area contributed by atoms with E-state index in [9.17, 15) is 13.6 Å². The zero-order chi connectivity index (χ0) is 25.4. The van der Waals surface area contributed by atoms with Crippen LogP contribution in [0.5, 0.6) is 0 Å². The van der Waals surface area contributed by atoms with Gasteiger partial charge in [-0.15, -0.1) is 5.10 Å². The van der Waals surface area contributed by atoms with Crippen LogP contribution in [0.15, 0.2) is 53.9 Å². The Morgan fingerprint density at radius 2 is 1.95 bits per heavy atom. The van der Waals surface area contributed by atoms with Crippen LogP contribution < -0.4 is 10.6 Å². The van der Waals surface area contributed by atoms with Crippen LogP contribution in [-0.2, 0) is 19.4 Å². The molecule has 2 aromatic heterocycles. The van der Waals surface area contributed by atoms with E-state index in [2.05, 4.69) is 25.1 Å². The molecule has 2 amide bonds. The molecule has 0 saturated carbocycles. The minimum Gasteiger partial charge on any atom is -0.333 e. The van der Waals surface area contributed by atoms with Crippen molar-refractivity contribution in [1.82, 2.24) is 29.6 Å². The number of likely N-dealkylation sites (tertiary alicyclic amines) is 1. The van der Waals surface area contributed by atoms with Crippen molar-refractivity contribution in [2.45, 2.75) is 37.8 Å². The molecule has 2 atom stereocenters. The van der Waals surface area contributed by atoms with E-state index in [1.807, 2.05) is 35.7 Å². The average Bonchev–Trinajstić information content (AvgIpc) is 3.69. The summed E-state index contributed by atoms with van der Waals surface area (Å²) >= 11 is 1.28. The molecule has 1 fully saturated rings. The molecule has 0 spiro atoms. The third kappa shape index (κ3) is 4.84. The summed E-state index contributed by atoms with van der Waals surface area (Å²) < 4.78 is 33.4. The van der Waals surface area contributed by atoms with E-state index >= 15 is 0 Å². The number of nitrogens with zero attached hydrogens (tertiary/aromatic N) is 5. The fraction of sp³-hybridized carbons (Fsp3) is 0.308. The number of anilines is 1. The molecule has 2 N–H and O–H groups in total. The Balaban J connectivity index is 1.24. The van der Waals surface area contributed by atoms with Crippen molar-refractivity contribution in [3.63, 3.8) is 0 Å². The molecule has 1 aliphatic heterocycles. The molecule has 1 aliphatic carbocycles. The van der Waals surface area contributed by atoms with Crippen LogP contribution in [0, 0.1) is 11.6 Å². The number of amides is 2. The quantitative estimate of drug-likeness (QED) is 0.396. The van der Waals surface area contributed by atoms with Gasteiger partial charge in [-0.3, -0.25) is 10.2 Å². The number of carbonyl (C=O) groups excluding carboxylic acids is 1. The summed E-state index contributed by atoms with van der Waals surface area (Å²) in [6.07, 6.45) is 2.74. The van der Waals surface area contributed by atoms with Gasteiger partial charge in [0.05, 0.1) is 23.1 Å². The van der Waals surface area contributed by atoms with E-state index in [-0.39, 0.29) is 18.0 Å². The summed E-state index contributed by atoms with van der Waals surface area (Å²) in [4.78, 5) is 15.5. The first-order valence-electron chi connectivity index (χ1n) is 12.2. The molecule has 4 aromatic rings. The second-order valence-electron chi connectivity index (χ2n) is 9.45. The minimum absolute atomic E-state index is 0.225. The number of fused-ring (bicyclic) bond motifs is 1. The highest BCUT2D eigenvalue weighted by atomic mass is 32.1. The first-order valence-corrected chi connectivity index (χ1v) is 13.1. The number of aryl methyl sites for hydroxylation is 1. The van der Waals surface area contributed by atoms with Crippen LogP contribution in [0.1, 0.15) is 34.9 Å². The summed E-state index contributed by atoms with van der Waals surface area (Å²) in [5, 5.41) is 16.9. The maximum absolute atomic E-state index is 14.1. The molecule has 2 aromatic carbocycles. The van der Waals surface area contributed by atoms with Crippen molar-refractivity contribution in [2.75, 3.05) is 18.4 Å². The van der Waals surface area contributed by atoms with Crippen LogP contribution in [0.3, 0.4) is 0 Å². The van der Waals surface area contributed by atoms with E-state index in [4.69, 9.17) is 5.10 Å². The number of hydrogen-bond acceptors (Lipinski definition) is 6. The van der Waals surface area contributed by atoms with Gasteiger partial charge < -0.3 is 5.32 Å². The smallest absolute Gasteiger partial charge is 0.320 e. The number of hydrogen-bond donors (Lipinski definition) is 2. The van der Waals surface area contributed by atoms with Crippen LogP contribution in [0.25, 0.3) is 5.69 Å². The van der Waals surface area contributed by atoms with Gasteiger partial charge in [-0.05, 0) is 60.6 Å². The highest BCUT2D eigenvalue weighted by Crippen LogP contribution is 2.32. The topological polar surface area (TPSA) is 88.0 Å². The predicted molar refractivity (Wildman–Crippen MR) is 136 cm³/mol. The molecule has 0 bridgehead atoms. The number of halogens is 2. The molecule has 0 unspecified atom stereocenters. The van der Waals surface area contributed by atoms with Crippen molar-refractivity contribution in [2.24, 2.45) is 0 Å². The van der Waals surface area contributed by atoms with Crippen molar-refractivity contribution in [3.05, 3.63) is 88.1 Å². The molecular formula is C26H25F2N7OS. The Morgan fingerprint density at radius 3 is 2.73 bits per heavy atom. The van der Waals surface area contributed by atoms with Gasteiger partial charge in [0.15, 0.2) is 11.6 Å². The molecule has 3 heterocycles. The maximum atomic E-state index is 14.1. The number of carbonyl (C=O) groups is 1. The van der Waals surface area contributed by atoms with Crippen molar-refractivity contribution in [1.29, 1.82) is 0 Å². The third-order valence-corrected chi connectivity index (χ3v) is 7.57. The van der Waals surface area contributed by atoms with E-state index in [1.54, 1.807) is 10.7 Å². The fourth-order valence-corrected chi connectivity index (χ4v) is 5.75. The third-order valence-electron chi connectivity index (χ3n) is 7.01. The number of aromatic nitrogens is 4. The second kappa shape index (κ2) is 9.98. The molecule has 37 heavy (non-hydrogen) atoms. The molecule has 11 heteroatoms. The van der Waals surface area contributed by atoms with Gasteiger partial charge in [-0.25, -0.2) is 18.3 Å². The molecule has 8 nitrogen and oxygen atoms in total. The summed E-state index contributed by atoms with van der Waals surface area (Å²) in [6, 6.07) is 13.0. The van der Waals surface area contributed by atoms with Crippen molar-refractivity contribution in [3.8, 4) is 5.69 Å². The zero-order valence-corrected chi connectivity index (χ0v) is 20.7. The Morgan fingerprint density at radius 1 is 1.08 bits per heavy atom. The molecule has 1 saturated heterocycles. The van der Waals surface area contributed by atoms with Gasteiger partial charge in [0.25, 0.3) is 0 Å². The van der Waals surface area contributed by atoms with Gasteiger partial charge in [0.2, 0.25) is 0 Å².